The van der Waals surface area contributed by atoms with Crippen LogP contribution in [-0.4, -0.2) is 72.3 Å². The molecule has 0 N–H and O–H groups in total. The van der Waals surface area contributed by atoms with Gasteiger partial charge in [-0.2, -0.15) is 0 Å². The zero-order valence-electron chi connectivity index (χ0n) is 21.0. The van der Waals surface area contributed by atoms with Crippen molar-refractivity contribution >= 4 is 17.7 Å². The van der Waals surface area contributed by atoms with Gasteiger partial charge < -0.3 is 23.8 Å². The summed E-state index contributed by atoms with van der Waals surface area (Å²) < 4.78 is 23.6. The smallest absolute Gasteiger partial charge is 0.262 e. The molecule has 9 heteroatoms. The first-order valence-corrected chi connectivity index (χ1v) is 12.8. The normalized spacial score (nSPS) is 26.4. The van der Waals surface area contributed by atoms with E-state index in [1.165, 1.54) is 0 Å². The van der Waals surface area contributed by atoms with E-state index >= 15 is 0 Å². The minimum Gasteiger partial charge on any atom is -0.497 e. The van der Waals surface area contributed by atoms with E-state index in [0.717, 1.165) is 42.6 Å². The van der Waals surface area contributed by atoms with Crippen molar-refractivity contribution in [2.75, 3.05) is 20.8 Å². The van der Waals surface area contributed by atoms with E-state index in [-0.39, 0.29) is 12.5 Å². The highest BCUT2D eigenvalue weighted by molar-refractivity contribution is 6.23. The number of nitrogens with zero attached hydrogens (tertiary/aromatic N) is 2. The van der Waals surface area contributed by atoms with Crippen molar-refractivity contribution in [3.05, 3.63) is 59.2 Å². The highest BCUT2D eigenvalue weighted by atomic mass is 16.7. The minimum absolute atomic E-state index is 0.239. The molecule has 0 aromatic heterocycles. The summed E-state index contributed by atoms with van der Waals surface area (Å²) in [5.41, 5.74) is 1.43. The van der Waals surface area contributed by atoms with Crippen molar-refractivity contribution in [2.45, 2.75) is 62.6 Å². The molecule has 1 saturated carbocycles. The third kappa shape index (κ3) is 3.79. The molecule has 0 radical (unpaired) electrons. The highest BCUT2D eigenvalue weighted by Gasteiger charge is 2.61. The second kappa shape index (κ2) is 9.15. The molecule has 37 heavy (non-hydrogen) atoms. The average molecular weight is 507 g/mol. The number of ether oxygens (including phenoxy) is 4. The molecule has 4 aliphatic rings. The van der Waals surface area contributed by atoms with Crippen LogP contribution < -0.4 is 9.47 Å². The summed E-state index contributed by atoms with van der Waals surface area (Å²) >= 11 is 0. The molecule has 3 aliphatic heterocycles. The third-order valence-corrected chi connectivity index (χ3v) is 8.03. The summed E-state index contributed by atoms with van der Waals surface area (Å²) in [6.07, 6.45) is 4.31. The molecule has 1 unspecified atom stereocenters. The zero-order chi connectivity index (χ0) is 25.7. The predicted molar refractivity (Wildman–Crippen MR) is 131 cm³/mol. The van der Waals surface area contributed by atoms with Crippen molar-refractivity contribution in [1.29, 1.82) is 0 Å². The Kier molecular flexibility index (Phi) is 5.92. The number of carbonyl (C=O) groups excluding carboxylic acids is 3. The molecule has 3 heterocycles. The Morgan fingerprint density at radius 1 is 0.946 bits per heavy atom. The van der Waals surface area contributed by atoms with E-state index in [1.54, 1.807) is 49.5 Å². The van der Waals surface area contributed by atoms with Crippen molar-refractivity contribution in [3.63, 3.8) is 0 Å². The van der Waals surface area contributed by atoms with Crippen molar-refractivity contribution < 1.29 is 33.3 Å². The molecule has 194 valence electrons. The van der Waals surface area contributed by atoms with Gasteiger partial charge in [0.25, 0.3) is 11.8 Å². The van der Waals surface area contributed by atoms with Gasteiger partial charge in [0.1, 0.15) is 23.6 Å². The van der Waals surface area contributed by atoms with Crippen LogP contribution in [0.3, 0.4) is 0 Å². The molecule has 6 rings (SSSR count). The minimum atomic E-state index is -0.955. The number of benzene rings is 2. The molecule has 2 aromatic rings. The summed E-state index contributed by atoms with van der Waals surface area (Å²) in [7, 11) is 3.14. The van der Waals surface area contributed by atoms with Crippen molar-refractivity contribution in [3.8, 4) is 11.5 Å². The Morgan fingerprint density at radius 2 is 1.65 bits per heavy atom. The van der Waals surface area contributed by atoms with Crippen LogP contribution in [0.4, 0.5) is 0 Å². The Hall–Kier alpha value is -3.43. The molecule has 1 aliphatic carbocycles. The number of hydrogen-bond donors (Lipinski definition) is 0. The maximum atomic E-state index is 13.7. The van der Waals surface area contributed by atoms with Crippen LogP contribution in [0.5, 0.6) is 11.5 Å². The van der Waals surface area contributed by atoms with Crippen LogP contribution in [0.25, 0.3) is 0 Å². The fourth-order valence-electron chi connectivity index (χ4n) is 6.13. The Morgan fingerprint density at radius 3 is 2.30 bits per heavy atom. The molecule has 3 atom stereocenters. The van der Waals surface area contributed by atoms with Crippen LogP contribution in [0.15, 0.2) is 42.5 Å². The van der Waals surface area contributed by atoms with Gasteiger partial charge in [0.05, 0.1) is 38.0 Å². The average Bonchev–Trinajstić information content (AvgIpc) is 3.43. The Labute approximate surface area is 215 Å². The second-order valence-corrected chi connectivity index (χ2v) is 10.0. The molecule has 3 amide bonds. The molecule has 2 saturated heterocycles. The molecule has 1 spiro atoms. The van der Waals surface area contributed by atoms with Crippen LogP contribution >= 0.6 is 0 Å². The van der Waals surface area contributed by atoms with Gasteiger partial charge in [0.15, 0.2) is 5.79 Å². The number of β-lactam (4-membered cyclic amide) rings is 1. The topological polar surface area (TPSA) is 94.6 Å². The van der Waals surface area contributed by atoms with Crippen LogP contribution in [0, 0.1) is 0 Å². The summed E-state index contributed by atoms with van der Waals surface area (Å²) in [6, 6.07) is 10.6. The van der Waals surface area contributed by atoms with E-state index in [2.05, 4.69) is 0 Å². The summed E-state index contributed by atoms with van der Waals surface area (Å²) in [5.74, 6) is -0.623. The molecular formula is C28H30N2O7. The van der Waals surface area contributed by atoms with E-state index in [1.807, 2.05) is 12.1 Å². The highest BCUT2D eigenvalue weighted by Crippen LogP contribution is 2.44. The first-order chi connectivity index (χ1) is 18.0. The van der Waals surface area contributed by atoms with Gasteiger partial charge in [0, 0.05) is 31.0 Å². The van der Waals surface area contributed by atoms with Crippen LogP contribution in [-0.2, 0) is 20.8 Å². The number of hydrogen-bond acceptors (Lipinski definition) is 7. The second-order valence-electron chi connectivity index (χ2n) is 10.0. The molecule has 0 bridgehead atoms. The number of fused-ring (bicyclic) bond motifs is 1. The molecule has 2 aromatic carbocycles. The van der Waals surface area contributed by atoms with Gasteiger partial charge in [-0.1, -0.05) is 18.6 Å². The van der Waals surface area contributed by atoms with E-state index in [0.29, 0.717) is 29.2 Å². The summed E-state index contributed by atoms with van der Waals surface area (Å²) in [4.78, 5) is 43.1. The van der Waals surface area contributed by atoms with E-state index in [4.69, 9.17) is 18.9 Å². The maximum Gasteiger partial charge on any atom is 0.262 e. The molecule has 3 fully saturated rings. The SMILES string of the molecule is COc1ccc(CN2C(=O)[C@H](N3C(=O)c4ccccc4C3=O)C2[C@H]2COC3(CCCCC3)O2)c(OC)c1. The Bertz CT molecular complexity index is 1220. The van der Waals surface area contributed by atoms with Crippen LogP contribution in [0.2, 0.25) is 0 Å². The first kappa shape index (κ1) is 23.9. The molecule has 9 nitrogen and oxygen atoms in total. The van der Waals surface area contributed by atoms with Crippen molar-refractivity contribution in [1.82, 2.24) is 9.80 Å². The number of rotatable bonds is 6. The zero-order valence-corrected chi connectivity index (χ0v) is 21.0. The van der Waals surface area contributed by atoms with E-state index in [9.17, 15) is 14.4 Å². The lowest BCUT2D eigenvalue weighted by Gasteiger charge is -2.51. The Balaban J connectivity index is 1.32. The van der Waals surface area contributed by atoms with Gasteiger partial charge >= 0.3 is 0 Å². The van der Waals surface area contributed by atoms with Crippen molar-refractivity contribution in [2.24, 2.45) is 0 Å². The van der Waals surface area contributed by atoms with Gasteiger partial charge in [-0.15, -0.1) is 0 Å². The lowest BCUT2D eigenvalue weighted by Crippen LogP contribution is -2.74. The number of methoxy groups -OCH3 is 2. The maximum absolute atomic E-state index is 13.7. The fourth-order valence-corrected chi connectivity index (χ4v) is 6.13. The number of imide groups is 1. The lowest BCUT2D eigenvalue weighted by atomic mass is 9.87. The van der Waals surface area contributed by atoms with Gasteiger partial charge in [0.2, 0.25) is 5.91 Å². The standard InChI is InChI=1S/C28H30N2O7/c1-34-18-11-10-17(21(14-18)35-2)15-29-23(22-16-36-28(37-22)12-6-3-7-13-28)24(27(29)33)30-25(31)19-8-4-5-9-20(19)26(30)32/h4-5,8-11,14,22-24H,3,6-7,12-13,15-16H2,1-2H3/t22-,23?,24-/m1/s1. The molecular weight excluding hydrogens is 476 g/mol. The lowest BCUT2D eigenvalue weighted by molar-refractivity contribution is -0.203. The summed E-state index contributed by atoms with van der Waals surface area (Å²) in [6.45, 7) is 0.539. The fraction of sp³-hybridized carbons (Fsp3) is 0.464. The predicted octanol–water partition coefficient (Wildman–Crippen LogP) is 3.16. The first-order valence-electron chi connectivity index (χ1n) is 12.8. The van der Waals surface area contributed by atoms with Gasteiger partial charge in [-0.3, -0.25) is 19.3 Å². The quantitative estimate of drug-likeness (QED) is 0.439. The van der Waals surface area contributed by atoms with E-state index < -0.39 is 35.8 Å². The number of amides is 3. The largest absolute Gasteiger partial charge is 0.497 e. The van der Waals surface area contributed by atoms with Gasteiger partial charge in [-0.05, 0) is 37.1 Å². The monoisotopic (exact) mass is 506 g/mol. The van der Waals surface area contributed by atoms with Crippen LogP contribution in [0.1, 0.15) is 58.4 Å². The third-order valence-electron chi connectivity index (χ3n) is 8.03. The number of carbonyl (C=O) groups is 3. The number of likely N-dealkylation sites (tertiary alicyclic amines) is 1. The van der Waals surface area contributed by atoms with Gasteiger partial charge in [-0.25, -0.2) is 0 Å². The summed E-state index contributed by atoms with van der Waals surface area (Å²) in [5, 5.41) is 0.